The third-order valence-corrected chi connectivity index (χ3v) is 2.86. The summed E-state index contributed by atoms with van der Waals surface area (Å²) in [6.45, 7) is 0.829. The predicted molar refractivity (Wildman–Crippen MR) is 69.1 cm³/mol. The van der Waals surface area contributed by atoms with E-state index >= 15 is 0 Å². The van der Waals surface area contributed by atoms with Crippen molar-refractivity contribution in [3.63, 3.8) is 0 Å². The van der Waals surface area contributed by atoms with Gasteiger partial charge >= 0.3 is 0 Å². The maximum atomic E-state index is 4.50. The number of rotatable bonds is 3. The van der Waals surface area contributed by atoms with Crippen molar-refractivity contribution in [1.29, 1.82) is 0 Å². The zero-order valence-electron chi connectivity index (χ0n) is 9.37. The topological polar surface area (TPSA) is 29.9 Å². The maximum Gasteiger partial charge on any atom is 0.0968 e. The zero-order valence-corrected chi connectivity index (χ0v) is 11.0. The largest absolute Gasteiger partial charge is 0.316 e. The molecular weight excluding hydrogens is 266 g/mol. The van der Waals surface area contributed by atoms with Gasteiger partial charge < -0.3 is 5.32 Å². The molecule has 0 atom stereocenters. The molecule has 0 spiro atoms. The lowest BCUT2D eigenvalue weighted by Crippen LogP contribution is -2.05. The quantitative estimate of drug-likeness (QED) is 0.936. The Labute approximate surface area is 104 Å². The number of aromatic nitrogens is 2. The molecule has 84 valence electrons. The minimum absolute atomic E-state index is 0.829. The van der Waals surface area contributed by atoms with Gasteiger partial charge in [0.15, 0.2) is 0 Å². The summed E-state index contributed by atoms with van der Waals surface area (Å²) in [4.78, 5) is 0. The first-order valence-electron chi connectivity index (χ1n) is 5.14. The normalized spacial score (nSPS) is 10.7. The molecule has 0 saturated heterocycles. The number of halogens is 1. The third kappa shape index (κ3) is 2.33. The van der Waals surface area contributed by atoms with Gasteiger partial charge in [0.05, 0.1) is 5.69 Å². The van der Waals surface area contributed by atoms with E-state index in [9.17, 15) is 0 Å². The SMILES string of the molecule is CNCc1cn(C)nc1-c1cccc(Br)c1. The maximum absolute atomic E-state index is 4.50. The molecule has 0 unspecified atom stereocenters. The lowest BCUT2D eigenvalue weighted by molar-refractivity contribution is 0.765. The van der Waals surface area contributed by atoms with E-state index in [1.165, 1.54) is 5.56 Å². The summed E-state index contributed by atoms with van der Waals surface area (Å²) in [6, 6.07) is 8.20. The zero-order chi connectivity index (χ0) is 11.5. The Balaban J connectivity index is 2.46. The van der Waals surface area contributed by atoms with E-state index in [1.54, 1.807) is 0 Å². The van der Waals surface area contributed by atoms with E-state index in [0.29, 0.717) is 0 Å². The molecule has 1 aromatic carbocycles. The highest BCUT2D eigenvalue weighted by Crippen LogP contribution is 2.24. The van der Waals surface area contributed by atoms with Crippen molar-refractivity contribution in [2.45, 2.75) is 6.54 Å². The van der Waals surface area contributed by atoms with Crippen molar-refractivity contribution < 1.29 is 0 Å². The molecule has 2 aromatic rings. The molecule has 3 nitrogen and oxygen atoms in total. The summed E-state index contributed by atoms with van der Waals surface area (Å²) in [5, 5.41) is 7.65. The van der Waals surface area contributed by atoms with Gasteiger partial charge in [-0.2, -0.15) is 5.10 Å². The Bertz CT molecular complexity index is 491. The Morgan fingerprint density at radius 2 is 2.25 bits per heavy atom. The average molecular weight is 280 g/mol. The molecule has 16 heavy (non-hydrogen) atoms. The van der Waals surface area contributed by atoms with Gasteiger partial charge in [-0.1, -0.05) is 28.1 Å². The van der Waals surface area contributed by atoms with Gasteiger partial charge in [0, 0.05) is 35.4 Å². The van der Waals surface area contributed by atoms with E-state index in [2.05, 4.69) is 38.5 Å². The van der Waals surface area contributed by atoms with Crippen molar-refractivity contribution in [3.05, 3.63) is 40.5 Å². The molecule has 1 aromatic heterocycles. The highest BCUT2D eigenvalue weighted by atomic mass is 79.9. The molecule has 0 saturated carbocycles. The fourth-order valence-electron chi connectivity index (χ4n) is 1.74. The number of nitrogens with one attached hydrogen (secondary N) is 1. The van der Waals surface area contributed by atoms with Crippen molar-refractivity contribution >= 4 is 15.9 Å². The van der Waals surface area contributed by atoms with Gasteiger partial charge in [-0.3, -0.25) is 4.68 Å². The van der Waals surface area contributed by atoms with Crippen LogP contribution in [0.4, 0.5) is 0 Å². The summed E-state index contributed by atoms with van der Waals surface area (Å²) >= 11 is 3.48. The van der Waals surface area contributed by atoms with Gasteiger partial charge in [0.2, 0.25) is 0 Å². The minimum atomic E-state index is 0.829. The molecule has 2 rings (SSSR count). The summed E-state index contributed by atoms with van der Waals surface area (Å²) in [5.74, 6) is 0. The summed E-state index contributed by atoms with van der Waals surface area (Å²) in [5.41, 5.74) is 3.39. The van der Waals surface area contributed by atoms with Crippen LogP contribution in [-0.2, 0) is 13.6 Å². The summed E-state index contributed by atoms with van der Waals surface area (Å²) in [7, 11) is 3.89. The van der Waals surface area contributed by atoms with E-state index in [0.717, 1.165) is 22.3 Å². The van der Waals surface area contributed by atoms with Crippen LogP contribution in [0, 0.1) is 0 Å². The van der Waals surface area contributed by atoms with Gasteiger partial charge in [-0.05, 0) is 19.2 Å². The van der Waals surface area contributed by atoms with E-state index in [4.69, 9.17) is 0 Å². The molecule has 0 fully saturated rings. The molecule has 0 aliphatic heterocycles. The van der Waals surface area contributed by atoms with Crippen LogP contribution in [0.25, 0.3) is 11.3 Å². The van der Waals surface area contributed by atoms with Gasteiger partial charge in [0.1, 0.15) is 0 Å². The molecule has 1 N–H and O–H groups in total. The van der Waals surface area contributed by atoms with Crippen LogP contribution >= 0.6 is 15.9 Å². The second-order valence-electron chi connectivity index (χ2n) is 3.72. The molecule has 0 amide bonds. The smallest absolute Gasteiger partial charge is 0.0968 e. The lowest BCUT2D eigenvalue weighted by atomic mass is 10.1. The number of nitrogens with zero attached hydrogens (tertiary/aromatic N) is 2. The van der Waals surface area contributed by atoms with Crippen LogP contribution in [0.15, 0.2) is 34.9 Å². The number of aryl methyl sites for hydroxylation is 1. The van der Waals surface area contributed by atoms with Crippen LogP contribution in [0.1, 0.15) is 5.56 Å². The molecule has 0 radical (unpaired) electrons. The van der Waals surface area contributed by atoms with E-state index < -0.39 is 0 Å². The summed E-state index contributed by atoms with van der Waals surface area (Å²) in [6.07, 6.45) is 2.05. The van der Waals surface area contributed by atoms with Crippen LogP contribution in [0.2, 0.25) is 0 Å². The minimum Gasteiger partial charge on any atom is -0.316 e. The number of hydrogen-bond donors (Lipinski definition) is 1. The highest BCUT2D eigenvalue weighted by molar-refractivity contribution is 9.10. The Hall–Kier alpha value is -1.13. The molecule has 0 aliphatic rings. The van der Waals surface area contributed by atoms with Crippen molar-refractivity contribution in [1.82, 2.24) is 15.1 Å². The van der Waals surface area contributed by atoms with E-state index in [1.807, 2.05) is 37.1 Å². The first kappa shape index (κ1) is 11.4. The van der Waals surface area contributed by atoms with Crippen molar-refractivity contribution in [2.75, 3.05) is 7.05 Å². The lowest BCUT2D eigenvalue weighted by Gasteiger charge is -2.02. The second-order valence-corrected chi connectivity index (χ2v) is 4.63. The molecule has 4 heteroatoms. The fraction of sp³-hybridized carbons (Fsp3) is 0.250. The van der Waals surface area contributed by atoms with Gasteiger partial charge in [-0.15, -0.1) is 0 Å². The third-order valence-electron chi connectivity index (χ3n) is 2.37. The summed E-state index contributed by atoms with van der Waals surface area (Å²) < 4.78 is 2.93. The molecule has 1 heterocycles. The average Bonchev–Trinajstić information content (AvgIpc) is 2.60. The van der Waals surface area contributed by atoms with Crippen LogP contribution in [0.5, 0.6) is 0 Å². The standard InChI is InChI=1S/C12H14BrN3/c1-14-7-10-8-16(2)15-12(10)9-4-3-5-11(13)6-9/h3-6,8,14H,7H2,1-2H3. The van der Waals surface area contributed by atoms with Crippen molar-refractivity contribution in [3.8, 4) is 11.3 Å². The Morgan fingerprint density at radius 3 is 2.94 bits per heavy atom. The first-order chi connectivity index (χ1) is 7.70. The highest BCUT2D eigenvalue weighted by Gasteiger charge is 2.09. The predicted octanol–water partition coefficient (Wildman–Crippen LogP) is 2.57. The number of benzene rings is 1. The Kier molecular flexibility index (Phi) is 3.41. The Morgan fingerprint density at radius 1 is 1.44 bits per heavy atom. The van der Waals surface area contributed by atoms with E-state index in [-0.39, 0.29) is 0 Å². The van der Waals surface area contributed by atoms with Gasteiger partial charge in [-0.25, -0.2) is 0 Å². The number of hydrogen-bond acceptors (Lipinski definition) is 2. The second kappa shape index (κ2) is 4.80. The molecule has 0 bridgehead atoms. The molecule has 0 aliphatic carbocycles. The first-order valence-corrected chi connectivity index (χ1v) is 5.93. The fourth-order valence-corrected chi connectivity index (χ4v) is 2.14. The van der Waals surface area contributed by atoms with Crippen LogP contribution in [-0.4, -0.2) is 16.8 Å². The van der Waals surface area contributed by atoms with Gasteiger partial charge in [0.25, 0.3) is 0 Å². The van der Waals surface area contributed by atoms with Crippen LogP contribution in [0.3, 0.4) is 0 Å². The molecular formula is C12H14BrN3. The monoisotopic (exact) mass is 279 g/mol. The van der Waals surface area contributed by atoms with Crippen molar-refractivity contribution in [2.24, 2.45) is 7.05 Å². The van der Waals surface area contributed by atoms with Crippen LogP contribution < -0.4 is 5.32 Å².